The van der Waals surface area contributed by atoms with Gasteiger partial charge in [-0.05, 0) is 19.4 Å². The molecule has 1 aromatic carbocycles. The number of ether oxygens (including phenoxy) is 1. The molecule has 150 valence electrons. The predicted octanol–water partition coefficient (Wildman–Crippen LogP) is 0.770. The van der Waals surface area contributed by atoms with Gasteiger partial charge < -0.3 is 9.64 Å². The molecular weight excluding hydrogens is 366 g/mol. The molecule has 1 aromatic rings. The van der Waals surface area contributed by atoms with Crippen molar-refractivity contribution in [2.24, 2.45) is 0 Å². The van der Waals surface area contributed by atoms with E-state index in [0.717, 1.165) is 5.56 Å². The third-order valence-electron chi connectivity index (χ3n) is 5.05. The van der Waals surface area contributed by atoms with E-state index in [1.807, 2.05) is 54.0 Å². The van der Waals surface area contributed by atoms with Crippen LogP contribution in [0, 0.1) is 0 Å². The number of carbonyl (C=O) groups is 1. The summed E-state index contributed by atoms with van der Waals surface area (Å²) in [5.41, 5.74) is 0.797. The highest BCUT2D eigenvalue weighted by molar-refractivity contribution is 7.88. The van der Waals surface area contributed by atoms with E-state index < -0.39 is 10.0 Å². The first-order valence-corrected chi connectivity index (χ1v) is 11.1. The molecule has 8 heteroatoms. The molecule has 0 saturated carbocycles. The fraction of sp³-hybridized carbons (Fsp3) is 0.632. The first-order valence-electron chi connectivity index (χ1n) is 9.51. The lowest BCUT2D eigenvalue weighted by Gasteiger charge is -2.38. The largest absolute Gasteiger partial charge is 0.372 e. The first-order chi connectivity index (χ1) is 12.8. The molecule has 0 radical (unpaired) electrons. The zero-order valence-electron chi connectivity index (χ0n) is 16.1. The second-order valence-electron chi connectivity index (χ2n) is 7.47. The molecule has 3 rings (SSSR count). The van der Waals surface area contributed by atoms with Crippen LogP contribution < -0.4 is 0 Å². The van der Waals surface area contributed by atoms with Crippen molar-refractivity contribution in [3.8, 4) is 0 Å². The number of sulfonamides is 1. The Balaban J connectivity index is 1.49. The van der Waals surface area contributed by atoms with Gasteiger partial charge in [0.2, 0.25) is 15.9 Å². The molecule has 2 aliphatic rings. The number of benzene rings is 1. The van der Waals surface area contributed by atoms with Crippen molar-refractivity contribution in [1.29, 1.82) is 0 Å². The van der Waals surface area contributed by atoms with Gasteiger partial charge in [0, 0.05) is 39.3 Å². The van der Waals surface area contributed by atoms with E-state index in [1.54, 1.807) is 4.31 Å². The van der Waals surface area contributed by atoms with Crippen molar-refractivity contribution in [2.45, 2.75) is 31.8 Å². The van der Waals surface area contributed by atoms with Crippen LogP contribution in [0.1, 0.15) is 19.4 Å². The lowest BCUT2D eigenvalue weighted by Crippen LogP contribution is -2.54. The first kappa shape index (κ1) is 20.3. The summed E-state index contributed by atoms with van der Waals surface area (Å²) in [4.78, 5) is 16.5. The van der Waals surface area contributed by atoms with E-state index in [9.17, 15) is 13.2 Å². The molecule has 1 amide bonds. The maximum Gasteiger partial charge on any atom is 0.236 e. The zero-order valence-corrected chi connectivity index (χ0v) is 16.9. The molecule has 2 saturated heterocycles. The summed E-state index contributed by atoms with van der Waals surface area (Å²) in [6.45, 7) is 7.55. The molecule has 7 nitrogen and oxygen atoms in total. The average molecular weight is 396 g/mol. The van der Waals surface area contributed by atoms with Crippen LogP contribution in [-0.4, -0.2) is 86.5 Å². The number of piperazine rings is 1. The van der Waals surface area contributed by atoms with E-state index in [2.05, 4.69) is 0 Å². The molecule has 2 aliphatic heterocycles. The Kier molecular flexibility index (Phi) is 6.52. The Morgan fingerprint density at radius 1 is 1.04 bits per heavy atom. The standard InChI is InChI=1S/C19H29N3O4S/c1-16-12-21(13-17(2)26-16)19(23)14-20-8-10-22(11-9-20)27(24,25)15-18-6-4-3-5-7-18/h3-7,16-17H,8-15H2,1-2H3/t16-,17-/m1/s1. The van der Waals surface area contributed by atoms with E-state index in [0.29, 0.717) is 45.8 Å². The number of nitrogens with zero attached hydrogens (tertiary/aromatic N) is 3. The molecular formula is C19H29N3O4S. The van der Waals surface area contributed by atoms with Gasteiger partial charge in [0.1, 0.15) is 0 Å². The van der Waals surface area contributed by atoms with Crippen molar-refractivity contribution >= 4 is 15.9 Å². The Bertz CT molecular complexity index is 723. The van der Waals surface area contributed by atoms with E-state index in [4.69, 9.17) is 4.74 Å². The van der Waals surface area contributed by atoms with Gasteiger partial charge in [-0.25, -0.2) is 8.42 Å². The predicted molar refractivity (Wildman–Crippen MR) is 104 cm³/mol. The van der Waals surface area contributed by atoms with Crippen molar-refractivity contribution in [3.05, 3.63) is 35.9 Å². The number of rotatable bonds is 5. The smallest absolute Gasteiger partial charge is 0.236 e. The molecule has 0 N–H and O–H groups in total. The SMILES string of the molecule is C[C@@H]1CN(C(=O)CN2CCN(S(=O)(=O)Cc3ccccc3)CC2)C[C@@H](C)O1. The van der Waals surface area contributed by atoms with Crippen LogP contribution in [0.25, 0.3) is 0 Å². The lowest BCUT2D eigenvalue weighted by atomic mass is 10.2. The van der Waals surface area contributed by atoms with Crippen LogP contribution in [0.4, 0.5) is 0 Å². The van der Waals surface area contributed by atoms with Gasteiger partial charge in [-0.1, -0.05) is 30.3 Å². The number of hydrogen-bond donors (Lipinski definition) is 0. The number of hydrogen-bond acceptors (Lipinski definition) is 5. The summed E-state index contributed by atoms with van der Waals surface area (Å²) in [5.74, 6) is 0.119. The van der Waals surface area contributed by atoms with Gasteiger partial charge in [-0.15, -0.1) is 0 Å². The summed E-state index contributed by atoms with van der Waals surface area (Å²) in [7, 11) is -3.33. The minimum absolute atomic E-state index is 0.0241. The number of amides is 1. The van der Waals surface area contributed by atoms with Crippen molar-refractivity contribution in [1.82, 2.24) is 14.1 Å². The third-order valence-corrected chi connectivity index (χ3v) is 6.90. The normalized spacial score (nSPS) is 25.5. The van der Waals surface area contributed by atoms with Crippen LogP contribution in [0.3, 0.4) is 0 Å². The maximum atomic E-state index is 12.6. The topological polar surface area (TPSA) is 70.2 Å². The molecule has 0 spiro atoms. The van der Waals surface area contributed by atoms with Crippen LogP contribution in [-0.2, 0) is 25.3 Å². The van der Waals surface area contributed by atoms with E-state index in [1.165, 1.54) is 0 Å². The summed E-state index contributed by atoms with van der Waals surface area (Å²) in [6, 6.07) is 9.24. The van der Waals surface area contributed by atoms with Crippen LogP contribution in [0.15, 0.2) is 30.3 Å². The Morgan fingerprint density at radius 3 is 2.22 bits per heavy atom. The van der Waals surface area contributed by atoms with Crippen LogP contribution in [0.5, 0.6) is 0 Å². The summed E-state index contributed by atoms with van der Waals surface area (Å²) < 4.78 is 32.5. The van der Waals surface area contributed by atoms with Gasteiger partial charge in [0.05, 0.1) is 24.5 Å². The highest BCUT2D eigenvalue weighted by Crippen LogP contribution is 2.15. The van der Waals surface area contributed by atoms with Crippen molar-refractivity contribution < 1.29 is 17.9 Å². The molecule has 0 aliphatic carbocycles. The Hall–Kier alpha value is -1.48. The zero-order chi connectivity index (χ0) is 19.4. The Labute approximate surface area is 161 Å². The monoisotopic (exact) mass is 395 g/mol. The van der Waals surface area contributed by atoms with E-state index >= 15 is 0 Å². The average Bonchev–Trinajstić information content (AvgIpc) is 2.62. The fourth-order valence-electron chi connectivity index (χ4n) is 3.71. The highest BCUT2D eigenvalue weighted by atomic mass is 32.2. The van der Waals surface area contributed by atoms with Crippen molar-refractivity contribution in [2.75, 3.05) is 45.8 Å². The fourth-order valence-corrected chi connectivity index (χ4v) is 5.23. The van der Waals surface area contributed by atoms with Crippen molar-refractivity contribution in [3.63, 3.8) is 0 Å². The number of carbonyl (C=O) groups excluding carboxylic acids is 1. The molecule has 0 bridgehead atoms. The summed E-state index contributed by atoms with van der Waals surface area (Å²) >= 11 is 0. The lowest BCUT2D eigenvalue weighted by molar-refractivity contribution is -0.144. The van der Waals surface area contributed by atoms with Gasteiger partial charge in [-0.2, -0.15) is 4.31 Å². The third kappa shape index (κ3) is 5.51. The molecule has 27 heavy (non-hydrogen) atoms. The quantitative estimate of drug-likeness (QED) is 0.737. The van der Waals surface area contributed by atoms with Crippen LogP contribution in [0.2, 0.25) is 0 Å². The van der Waals surface area contributed by atoms with Gasteiger partial charge in [0.15, 0.2) is 0 Å². The van der Waals surface area contributed by atoms with Gasteiger partial charge >= 0.3 is 0 Å². The minimum Gasteiger partial charge on any atom is -0.372 e. The highest BCUT2D eigenvalue weighted by Gasteiger charge is 2.30. The molecule has 2 atom stereocenters. The van der Waals surface area contributed by atoms with Gasteiger partial charge in [0.25, 0.3) is 0 Å². The summed E-state index contributed by atoms with van der Waals surface area (Å²) in [5, 5.41) is 0. The van der Waals surface area contributed by atoms with Gasteiger partial charge in [-0.3, -0.25) is 9.69 Å². The van der Waals surface area contributed by atoms with E-state index in [-0.39, 0.29) is 23.9 Å². The Morgan fingerprint density at radius 2 is 1.63 bits per heavy atom. The maximum absolute atomic E-state index is 12.6. The minimum atomic E-state index is -3.33. The second-order valence-corrected chi connectivity index (χ2v) is 9.44. The second kappa shape index (κ2) is 8.68. The molecule has 0 aromatic heterocycles. The molecule has 0 unspecified atom stereocenters. The van der Waals surface area contributed by atoms with Crippen LogP contribution >= 0.6 is 0 Å². The molecule has 2 fully saturated rings. The summed E-state index contributed by atoms with van der Waals surface area (Å²) in [6.07, 6.45) is 0.107. The molecule has 2 heterocycles. The number of morpholine rings is 1.